The Labute approximate surface area is 91.5 Å². The maximum absolute atomic E-state index is 3.89. The van der Waals surface area contributed by atoms with Crippen LogP contribution in [0.4, 0.5) is 0 Å². The number of hydrogen-bond acceptors (Lipinski definition) is 4. The summed E-state index contributed by atoms with van der Waals surface area (Å²) in [5.41, 5.74) is 1.11. The van der Waals surface area contributed by atoms with Gasteiger partial charge in [0, 0.05) is 26.2 Å². The van der Waals surface area contributed by atoms with Crippen LogP contribution in [0.1, 0.15) is 19.0 Å². The van der Waals surface area contributed by atoms with Crippen LogP contribution in [0.5, 0.6) is 0 Å². The predicted molar refractivity (Wildman–Crippen MR) is 60.5 cm³/mol. The molecule has 86 valence electrons. The van der Waals surface area contributed by atoms with Crippen molar-refractivity contribution in [2.75, 3.05) is 20.6 Å². The van der Waals surface area contributed by atoms with E-state index in [4.69, 9.17) is 0 Å². The second-order valence-electron chi connectivity index (χ2n) is 4.01. The van der Waals surface area contributed by atoms with Crippen LogP contribution < -0.4 is 5.32 Å². The Hall–Kier alpha value is -0.940. The average Bonchev–Trinajstić information content (AvgIpc) is 2.58. The van der Waals surface area contributed by atoms with E-state index < -0.39 is 0 Å². The molecular weight excluding hydrogens is 190 g/mol. The van der Waals surface area contributed by atoms with Crippen LogP contribution in [0, 0.1) is 0 Å². The molecule has 15 heavy (non-hydrogen) atoms. The lowest BCUT2D eigenvalue weighted by Gasteiger charge is -2.23. The van der Waals surface area contributed by atoms with Gasteiger partial charge in [-0.1, -0.05) is 12.1 Å². The lowest BCUT2D eigenvalue weighted by atomic mass is 10.2. The molecule has 0 saturated heterocycles. The zero-order chi connectivity index (χ0) is 11.3. The molecule has 5 nitrogen and oxygen atoms in total. The summed E-state index contributed by atoms with van der Waals surface area (Å²) >= 11 is 0. The maximum Gasteiger partial charge on any atom is 0.0738 e. The molecule has 1 unspecified atom stereocenters. The number of aryl methyl sites for hydroxylation is 1. The molecule has 0 aliphatic carbocycles. The highest BCUT2D eigenvalue weighted by atomic mass is 15.4. The van der Waals surface area contributed by atoms with Crippen LogP contribution in [0.3, 0.4) is 0 Å². The summed E-state index contributed by atoms with van der Waals surface area (Å²) < 4.78 is 1.80. The van der Waals surface area contributed by atoms with Gasteiger partial charge in [-0.3, -0.25) is 4.68 Å². The van der Waals surface area contributed by atoms with Crippen molar-refractivity contribution in [1.29, 1.82) is 0 Å². The number of rotatable bonds is 6. The smallest absolute Gasteiger partial charge is 0.0738 e. The molecule has 1 aromatic rings. The van der Waals surface area contributed by atoms with E-state index in [2.05, 4.69) is 41.5 Å². The first-order valence-corrected chi connectivity index (χ1v) is 5.35. The molecule has 1 atom stereocenters. The molecular formula is C10H21N5. The van der Waals surface area contributed by atoms with Crippen LogP contribution in [0.15, 0.2) is 6.20 Å². The third-order valence-corrected chi connectivity index (χ3v) is 2.70. The lowest BCUT2D eigenvalue weighted by molar-refractivity contribution is 0.275. The lowest BCUT2D eigenvalue weighted by Crippen LogP contribution is -2.37. The van der Waals surface area contributed by atoms with Crippen LogP contribution in [0.2, 0.25) is 0 Å². The molecule has 0 fully saturated rings. The largest absolute Gasteiger partial charge is 0.310 e. The van der Waals surface area contributed by atoms with E-state index in [9.17, 15) is 0 Å². The fourth-order valence-corrected chi connectivity index (χ4v) is 1.53. The van der Waals surface area contributed by atoms with Gasteiger partial charge in [-0.15, -0.1) is 5.10 Å². The summed E-state index contributed by atoms with van der Waals surface area (Å²) in [6.45, 7) is 4.03. The van der Waals surface area contributed by atoms with Gasteiger partial charge in [0.25, 0.3) is 0 Å². The Morgan fingerprint density at radius 3 is 2.73 bits per heavy atom. The molecule has 0 aliphatic heterocycles. The van der Waals surface area contributed by atoms with Gasteiger partial charge in [0.05, 0.1) is 11.9 Å². The molecule has 1 heterocycles. The molecule has 5 heteroatoms. The van der Waals surface area contributed by atoms with Gasteiger partial charge in [-0.25, -0.2) is 0 Å². The zero-order valence-corrected chi connectivity index (χ0v) is 10.1. The standard InChI is InChI=1S/C10H21N5/c1-5-9(14(2)3)6-11-7-10-8-12-13-15(10)4/h8-9,11H,5-7H2,1-4H3. The van der Waals surface area contributed by atoms with Gasteiger partial charge in [0.15, 0.2) is 0 Å². The zero-order valence-electron chi connectivity index (χ0n) is 10.1. The Morgan fingerprint density at radius 2 is 2.27 bits per heavy atom. The average molecular weight is 211 g/mol. The number of likely N-dealkylation sites (N-methyl/N-ethyl adjacent to an activating group) is 1. The molecule has 0 aromatic carbocycles. The van der Waals surface area contributed by atoms with Crippen molar-refractivity contribution >= 4 is 0 Å². The molecule has 1 N–H and O–H groups in total. The van der Waals surface area contributed by atoms with Crippen LogP contribution in [-0.4, -0.2) is 46.6 Å². The summed E-state index contributed by atoms with van der Waals surface area (Å²) in [4.78, 5) is 2.24. The van der Waals surface area contributed by atoms with Crippen molar-refractivity contribution < 1.29 is 0 Å². The van der Waals surface area contributed by atoms with Crippen molar-refractivity contribution in [3.8, 4) is 0 Å². The van der Waals surface area contributed by atoms with E-state index in [1.165, 1.54) is 0 Å². The Kier molecular flexibility index (Phi) is 4.71. The topological polar surface area (TPSA) is 46.0 Å². The quantitative estimate of drug-likeness (QED) is 0.732. The van der Waals surface area contributed by atoms with Gasteiger partial charge in [0.2, 0.25) is 0 Å². The Morgan fingerprint density at radius 1 is 1.53 bits per heavy atom. The van der Waals surface area contributed by atoms with E-state index in [1.807, 2.05) is 7.05 Å². The summed E-state index contributed by atoms with van der Waals surface area (Å²) in [6, 6.07) is 0.589. The predicted octanol–water partition coefficient (Wildman–Crippen LogP) is 0.245. The molecule has 0 radical (unpaired) electrons. The highest BCUT2D eigenvalue weighted by molar-refractivity contribution is 4.92. The third kappa shape index (κ3) is 3.60. The van der Waals surface area contributed by atoms with Gasteiger partial charge < -0.3 is 10.2 Å². The maximum atomic E-state index is 3.89. The van der Waals surface area contributed by atoms with Crippen LogP contribution in [0.25, 0.3) is 0 Å². The molecule has 1 aromatic heterocycles. The number of nitrogens with one attached hydrogen (secondary N) is 1. The number of aromatic nitrogens is 3. The molecule has 1 rings (SSSR count). The van der Waals surface area contributed by atoms with E-state index in [0.29, 0.717) is 6.04 Å². The van der Waals surface area contributed by atoms with Gasteiger partial charge in [0.1, 0.15) is 0 Å². The van der Waals surface area contributed by atoms with Gasteiger partial charge in [-0.2, -0.15) is 0 Å². The summed E-state index contributed by atoms with van der Waals surface area (Å²) in [7, 11) is 6.14. The minimum absolute atomic E-state index is 0.589. The highest BCUT2D eigenvalue weighted by Crippen LogP contribution is 1.98. The van der Waals surface area contributed by atoms with Crippen LogP contribution >= 0.6 is 0 Å². The first-order valence-electron chi connectivity index (χ1n) is 5.35. The highest BCUT2D eigenvalue weighted by Gasteiger charge is 2.08. The fourth-order valence-electron chi connectivity index (χ4n) is 1.53. The van der Waals surface area contributed by atoms with Crippen molar-refractivity contribution in [2.24, 2.45) is 7.05 Å². The van der Waals surface area contributed by atoms with Gasteiger partial charge in [-0.05, 0) is 20.5 Å². The SMILES string of the molecule is CCC(CNCc1cnnn1C)N(C)C. The van der Waals surface area contributed by atoms with Crippen molar-refractivity contribution in [2.45, 2.75) is 25.9 Å². The number of nitrogens with zero attached hydrogens (tertiary/aromatic N) is 4. The second-order valence-corrected chi connectivity index (χ2v) is 4.01. The normalized spacial score (nSPS) is 13.4. The summed E-state index contributed by atoms with van der Waals surface area (Å²) in [5, 5.41) is 11.1. The minimum Gasteiger partial charge on any atom is -0.310 e. The third-order valence-electron chi connectivity index (χ3n) is 2.70. The van der Waals surface area contributed by atoms with E-state index in [-0.39, 0.29) is 0 Å². The second kappa shape index (κ2) is 5.82. The van der Waals surface area contributed by atoms with Crippen molar-refractivity contribution in [3.63, 3.8) is 0 Å². The molecule has 0 aliphatic rings. The van der Waals surface area contributed by atoms with Crippen LogP contribution in [-0.2, 0) is 13.6 Å². The van der Waals surface area contributed by atoms with Gasteiger partial charge >= 0.3 is 0 Å². The first kappa shape index (κ1) is 12.1. The van der Waals surface area contributed by atoms with E-state index in [1.54, 1.807) is 10.9 Å². The fraction of sp³-hybridized carbons (Fsp3) is 0.800. The molecule has 0 bridgehead atoms. The van der Waals surface area contributed by atoms with Crippen molar-refractivity contribution in [1.82, 2.24) is 25.2 Å². The first-order chi connectivity index (χ1) is 7.15. The summed E-state index contributed by atoms with van der Waals surface area (Å²) in [5.74, 6) is 0. The molecule has 0 saturated carbocycles. The summed E-state index contributed by atoms with van der Waals surface area (Å²) in [6.07, 6.45) is 2.95. The number of hydrogen-bond donors (Lipinski definition) is 1. The monoisotopic (exact) mass is 211 g/mol. The Bertz CT molecular complexity index is 281. The molecule has 0 spiro atoms. The molecule has 0 amide bonds. The minimum atomic E-state index is 0.589. The van der Waals surface area contributed by atoms with E-state index >= 15 is 0 Å². The van der Waals surface area contributed by atoms with Crippen molar-refractivity contribution in [3.05, 3.63) is 11.9 Å². The Balaban J connectivity index is 2.29. The van der Waals surface area contributed by atoms with E-state index in [0.717, 1.165) is 25.2 Å².